The fraction of sp³-hybridized carbons (Fsp3) is 0.278. The van der Waals surface area contributed by atoms with Gasteiger partial charge in [-0.3, -0.25) is 14.5 Å². The highest BCUT2D eigenvalue weighted by molar-refractivity contribution is 6.30. The van der Waals surface area contributed by atoms with Crippen LogP contribution in [0.2, 0.25) is 5.15 Å². The summed E-state index contributed by atoms with van der Waals surface area (Å²) in [7, 11) is 0. The first kappa shape index (κ1) is 14.4. The van der Waals surface area contributed by atoms with Gasteiger partial charge in [0.05, 0.1) is 17.5 Å². The first-order chi connectivity index (χ1) is 11.1. The zero-order valence-electron chi connectivity index (χ0n) is 12.6. The molecule has 4 rings (SSSR count). The Morgan fingerprint density at radius 3 is 2.43 bits per heavy atom. The highest BCUT2D eigenvalue weighted by atomic mass is 35.5. The topological polar surface area (TPSA) is 50.3 Å². The molecule has 116 valence electrons. The van der Waals surface area contributed by atoms with Gasteiger partial charge in [-0.1, -0.05) is 35.9 Å². The van der Waals surface area contributed by atoms with Crippen molar-refractivity contribution in [1.29, 1.82) is 0 Å². The molecule has 0 radical (unpaired) electrons. The Labute approximate surface area is 139 Å². The molecule has 2 amide bonds. The second-order valence-electron chi connectivity index (χ2n) is 6.17. The minimum Gasteiger partial charge on any atom is -0.274 e. The molecule has 23 heavy (non-hydrogen) atoms. The monoisotopic (exact) mass is 326 g/mol. The molecule has 2 heterocycles. The molecule has 0 spiro atoms. The molecule has 0 bridgehead atoms. The number of anilines is 1. The van der Waals surface area contributed by atoms with E-state index in [-0.39, 0.29) is 23.7 Å². The number of hydrogen-bond acceptors (Lipinski definition) is 3. The van der Waals surface area contributed by atoms with Gasteiger partial charge in [0.2, 0.25) is 11.8 Å². The zero-order valence-corrected chi connectivity index (χ0v) is 13.4. The minimum absolute atomic E-state index is 0.107. The molecule has 5 heteroatoms. The van der Waals surface area contributed by atoms with E-state index in [0.29, 0.717) is 23.7 Å². The van der Waals surface area contributed by atoms with Gasteiger partial charge in [0.25, 0.3) is 0 Å². The van der Waals surface area contributed by atoms with E-state index in [4.69, 9.17) is 11.6 Å². The van der Waals surface area contributed by atoms with E-state index in [1.165, 1.54) is 4.90 Å². The number of benzene rings is 1. The Kier molecular flexibility index (Phi) is 3.23. The molecular formula is C18H15ClN2O2. The Morgan fingerprint density at radius 1 is 1.09 bits per heavy atom. The van der Waals surface area contributed by atoms with Crippen molar-refractivity contribution in [3.05, 3.63) is 58.4 Å². The van der Waals surface area contributed by atoms with Crippen molar-refractivity contribution in [1.82, 2.24) is 4.98 Å². The number of para-hydroxylation sites is 1. The number of carbonyl (C=O) groups excluding carboxylic acids is 2. The standard InChI is InChI=1S/C18H15ClN2O2/c1-10-7-11-8-13-14(9-15(11)20-16(10)19)18(23)21(17(13)22)12-5-3-2-4-6-12/h2-7,13-14H,8-9H2,1H3/t13-,14+/m1/s1. The molecule has 0 saturated carbocycles. The summed E-state index contributed by atoms with van der Waals surface area (Å²) < 4.78 is 0. The first-order valence-electron chi connectivity index (χ1n) is 7.64. The largest absolute Gasteiger partial charge is 0.274 e. The van der Waals surface area contributed by atoms with Crippen LogP contribution in [0.5, 0.6) is 0 Å². The number of amides is 2. The third kappa shape index (κ3) is 2.17. The van der Waals surface area contributed by atoms with Crippen LogP contribution in [-0.4, -0.2) is 16.8 Å². The Bertz CT molecular complexity index is 770. The molecule has 1 aliphatic carbocycles. The normalized spacial score (nSPS) is 23.0. The van der Waals surface area contributed by atoms with Gasteiger partial charge >= 0.3 is 0 Å². The zero-order chi connectivity index (χ0) is 16.1. The number of carbonyl (C=O) groups is 2. The number of hydrogen-bond donors (Lipinski definition) is 0. The van der Waals surface area contributed by atoms with Crippen LogP contribution in [0.1, 0.15) is 16.8 Å². The van der Waals surface area contributed by atoms with Crippen LogP contribution in [0, 0.1) is 18.8 Å². The molecule has 2 aliphatic rings. The third-order valence-electron chi connectivity index (χ3n) is 4.75. The summed E-state index contributed by atoms with van der Waals surface area (Å²) in [4.78, 5) is 31.3. The molecule has 2 atom stereocenters. The Morgan fingerprint density at radius 2 is 1.74 bits per heavy atom. The van der Waals surface area contributed by atoms with Gasteiger partial charge in [-0.2, -0.15) is 0 Å². The summed E-state index contributed by atoms with van der Waals surface area (Å²) in [5, 5.41) is 0.471. The number of fused-ring (bicyclic) bond motifs is 2. The number of nitrogens with zero attached hydrogens (tertiary/aromatic N) is 2. The van der Waals surface area contributed by atoms with E-state index in [9.17, 15) is 9.59 Å². The molecule has 1 fully saturated rings. The van der Waals surface area contributed by atoms with E-state index in [1.807, 2.05) is 31.2 Å². The van der Waals surface area contributed by atoms with Crippen molar-refractivity contribution in [2.45, 2.75) is 19.8 Å². The van der Waals surface area contributed by atoms with Crippen molar-refractivity contribution < 1.29 is 9.59 Å². The quantitative estimate of drug-likeness (QED) is 0.598. The lowest BCUT2D eigenvalue weighted by Crippen LogP contribution is -2.30. The second-order valence-corrected chi connectivity index (χ2v) is 6.53. The lowest BCUT2D eigenvalue weighted by atomic mass is 9.79. The van der Waals surface area contributed by atoms with Gasteiger partial charge in [0, 0.05) is 12.1 Å². The number of rotatable bonds is 1. The summed E-state index contributed by atoms with van der Waals surface area (Å²) >= 11 is 6.10. The van der Waals surface area contributed by atoms with Crippen LogP contribution >= 0.6 is 11.6 Å². The summed E-state index contributed by atoms with van der Waals surface area (Å²) in [6, 6.07) is 11.1. The molecule has 1 saturated heterocycles. The molecule has 1 aliphatic heterocycles. The fourth-order valence-electron chi connectivity index (χ4n) is 3.56. The third-order valence-corrected chi connectivity index (χ3v) is 5.13. The molecule has 2 aromatic rings. The van der Waals surface area contributed by atoms with E-state index in [2.05, 4.69) is 4.98 Å². The maximum atomic E-state index is 12.8. The van der Waals surface area contributed by atoms with Crippen LogP contribution in [0.4, 0.5) is 5.69 Å². The lowest BCUT2D eigenvalue weighted by Gasteiger charge is -2.23. The van der Waals surface area contributed by atoms with Gasteiger partial charge in [-0.05, 0) is 36.6 Å². The van der Waals surface area contributed by atoms with Crippen LogP contribution in [0.3, 0.4) is 0 Å². The van der Waals surface area contributed by atoms with E-state index in [1.54, 1.807) is 12.1 Å². The van der Waals surface area contributed by atoms with E-state index in [0.717, 1.165) is 16.8 Å². The maximum Gasteiger partial charge on any atom is 0.238 e. The lowest BCUT2D eigenvalue weighted by molar-refractivity contribution is -0.122. The van der Waals surface area contributed by atoms with Gasteiger partial charge in [-0.15, -0.1) is 0 Å². The predicted octanol–water partition coefficient (Wildman–Crippen LogP) is 2.95. The highest BCUT2D eigenvalue weighted by Gasteiger charge is 2.50. The average molecular weight is 327 g/mol. The van der Waals surface area contributed by atoms with Crippen LogP contribution < -0.4 is 4.90 Å². The van der Waals surface area contributed by atoms with Gasteiger partial charge in [-0.25, -0.2) is 4.98 Å². The number of aromatic nitrogens is 1. The predicted molar refractivity (Wildman–Crippen MR) is 87.3 cm³/mol. The Balaban J connectivity index is 1.73. The average Bonchev–Trinajstić information content (AvgIpc) is 2.78. The minimum atomic E-state index is -0.332. The maximum absolute atomic E-state index is 12.8. The van der Waals surface area contributed by atoms with Crippen molar-refractivity contribution >= 4 is 29.1 Å². The molecule has 0 N–H and O–H groups in total. The van der Waals surface area contributed by atoms with Crippen LogP contribution in [0.15, 0.2) is 36.4 Å². The molecule has 0 unspecified atom stereocenters. The molecule has 1 aromatic heterocycles. The summed E-state index contributed by atoms with van der Waals surface area (Å²) in [5.74, 6) is -0.862. The first-order valence-corrected chi connectivity index (χ1v) is 8.02. The highest BCUT2D eigenvalue weighted by Crippen LogP contribution is 2.39. The summed E-state index contributed by atoms with van der Waals surface area (Å²) in [5.41, 5.74) is 3.42. The van der Waals surface area contributed by atoms with E-state index >= 15 is 0 Å². The van der Waals surface area contributed by atoms with E-state index < -0.39 is 0 Å². The van der Waals surface area contributed by atoms with Crippen molar-refractivity contribution in [3.8, 4) is 0 Å². The summed E-state index contributed by atoms with van der Waals surface area (Å²) in [6.07, 6.45) is 1.03. The molecule has 4 nitrogen and oxygen atoms in total. The van der Waals surface area contributed by atoms with Crippen LogP contribution in [-0.2, 0) is 22.4 Å². The SMILES string of the molecule is Cc1cc2c(nc1Cl)C[C@@H]1C(=O)N(c3ccccc3)C(=O)[C@@H]1C2. The number of pyridine rings is 1. The van der Waals surface area contributed by atoms with Gasteiger partial charge in [0.1, 0.15) is 5.15 Å². The van der Waals surface area contributed by atoms with Crippen molar-refractivity contribution in [2.75, 3.05) is 4.90 Å². The number of halogens is 1. The smallest absolute Gasteiger partial charge is 0.238 e. The van der Waals surface area contributed by atoms with Crippen LogP contribution in [0.25, 0.3) is 0 Å². The van der Waals surface area contributed by atoms with Gasteiger partial charge in [0.15, 0.2) is 0 Å². The summed E-state index contributed by atoms with van der Waals surface area (Å²) in [6.45, 7) is 1.90. The van der Waals surface area contributed by atoms with Crippen molar-refractivity contribution in [3.63, 3.8) is 0 Å². The van der Waals surface area contributed by atoms with Crippen molar-refractivity contribution in [2.24, 2.45) is 11.8 Å². The second kappa shape index (κ2) is 5.17. The molecular weight excluding hydrogens is 312 g/mol. The Hall–Kier alpha value is -2.20. The van der Waals surface area contributed by atoms with Gasteiger partial charge < -0.3 is 0 Å². The number of imide groups is 1. The fourth-order valence-corrected chi connectivity index (χ4v) is 3.71. The molecule has 1 aromatic carbocycles. The number of aryl methyl sites for hydroxylation is 1.